The Labute approximate surface area is 126 Å². The van der Waals surface area contributed by atoms with E-state index in [1.165, 1.54) is 25.1 Å². The molecule has 0 radical (unpaired) electrons. The Kier molecular flexibility index (Phi) is 3.54. The number of aliphatic hydroxyl groups is 1. The van der Waals surface area contributed by atoms with Crippen LogP contribution in [0, 0.1) is 12.7 Å². The average molecular weight is 298 g/mol. The van der Waals surface area contributed by atoms with Crippen molar-refractivity contribution in [2.24, 2.45) is 0 Å². The summed E-state index contributed by atoms with van der Waals surface area (Å²) in [5.41, 5.74) is 1.44. The molecule has 0 unspecified atom stereocenters. The fraction of sp³-hybridized carbons (Fsp3) is 0.167. The molecule has 0 aliphatic heterocycles. The van der Waals surface area contributed by atoms with Gasteiger partial charge >= 0.3 is 0 Å². The zero-order valence-electron chi connectivity index (χ0n) is 12.3. The molecule has 3 aromatic rings. The highest BCUT2D eigenvalue weighted by Gasteiger charge is 2.21. The Morgan fingerprint density at radius 1 is 1.18 bits per heavy atom. The van der Waals surface area contributed by atoms with E-state index < -0.39 is 17.3 Å². The first-order valence-corrected chi connectivity index (χ1v) is 6.99. The molecule has 22 heavy (non-hydrogen) atoms. The van der Waals surface area contributed by atoms with Crippen LogP contribution in [0.2, 0.25) is 0 Å². The summed E-state index contributed by atoms with van der Waals surface area (Å²) in [7, 11) is 0. The summed E-state index contributed by atoms with van der Waals surface area (Å²) in [6.45, 7) is 3.41. The molecule has 1 heterocycles. The summed E-state index contributed by atoms with van der Waals surface area (Å²) in [6, 6.07) is 11.5. The van der Waals surface area contributed by atoms with Gasteiger partial charge in [-0.15, -0.1) is 0 Å². The topological polar surface area (TPSA) is 50.4 Å². The lowest BCUT2D eigenvalue weighted by Crippen LogP contribution is -2.12. The highest BCUT2D eigenvalue weighted by Crippen LogP contribution is 2.30. The Bertz CT molecular complexity index is 910. The van der Waals surface area contributed by atoms with E-state index >= 15 is 0 Å². The van der Waals surface area contributed by atoms with E-state index in [9.17, 15) is 14.3 Å². The van der Waals surface area contributed by atoms with Gasteiger partial charge < -0.3 is 9.52 Å². The van der Waals surface area contributed by atoms with Crippen molar-refractivity contribution in [1.82, 2.24) is 0 Å². The third-order valence-electron chi connectivity index (χ3n) is 3.58. The Morgan fingerprint density at radius 3 is 2.59 bits per heavy atom. The minimum atomic E-state index is -0.976. The highest BCUT2D eigenvalue weighted by molar-refractivity contribution is 5.83. The molecule has 0 amide bonds. The minimum Gasteiger partial charge on any atom is -0.457 e. The molecule has 0 spiro atoms. The van der Waals surface area contributed by atoms with Gasteiger partial charge in [-0.2, -0.15) is 0 Å². The lowest BCUT2D eigenvalue weighted by molar-refractivity contribution is 0.171. The van der Waals surface area contributed by atoms with Crippen LogP contribution in [0.4, 0.5) is 4.39 Å². The number of aryl methyl sites for hydroxylation is 1. The maximum Gasteiger partial charge on any atom is 0.203 e. The first kappa shape index (κ1) is 14.5. The number of aliphatic hydroxyl groups excluding tert-OH is 1. The molecule has 0 aliphatic rings. The second-order valence-electron chi connectivity index (χ2n) is 5.33. The predicted octanol–water partition coefficient (Wildman–Crippen LogP) is 3.96. The van der Waals surface area contributed by atoms with Crippen LogP contribution < -0.4 is 5.43 Å². The Balaban J connectivity index is 2.46. The number of halogens is 1. The summed E-state index contributed by atoms with van der Waals surface area (Å²) in [6.07, 6.45) is -0.976. The Hall–Kier alpha value is -2.46. The fourth-order valence-corrected chi connectivity index (χ4v) is 2.58. The van der Waals surface area contributed by atoms with E-state index in [0.717, 1.165) is 5.56 Å². The summed E-state index contributed by atoms with van der Waals surface area (Å²) in [5.74, 6) is -0.481. The molecule has 2 aromatic carbocycles. The number of hydrogen-bond donors (Lipinski definition) is 1. The van der Waals surface area contributed by atoms with Crippen LogP contribution in [-0.2, 0) is 0 Å². The second kappa shape index (κ2) is 5.39. The van der Waals surface area contributed by atoms with E-state index in [2.05, 4.69) is 0 Å². The van der Waals surface area contributed by atoms with Crippen molar-refractivity contribution in [3.05, 3.63) is 69.8 Å². The summed E-state index contributed by atoms with van der Waals surface area (Å²) in [4.78, 5) is 12.8. The van der Waals surface area contributed by atoms with Crippen molar-refractivity contribution in [1.29, 1.82) is 0 Å². The van der Waals surface area contributed by atoms with Gasteiger partial charge in [0.05, 0.1) is 5.56 Å². The van der Waals surface area contributed by atoms with Gasteiger partial charge in [-0.3, -0.25) is 4.79 Å². The van der Waals surface area contributed by atoms with Gasteiger partial charge in [-0.05, 0) is 31.5 Å². The number of benzene rings is 2. The molecule has 0 fully saturated rings. The van der Waals surface area contributed by atoms with Crippen LogP contribution in [0.3, 0.4) is 0 Å². The quantitative estimate of drug-likeness (QED) is 0.779. The van der Waals surface area contributed by atoms with Gasteiger partial charge in [0.25, 0.3) is 0 Å². The first-order valence-electron chi connectivity index (χ1n) is 6.99. The standard InChI is InChI=1S/C18H15FO3/c1-10-5-3-6-12(9-10)15-17(21)16-13(19)7-4-8-14(16)22-18(15)11(2)20/h3-9,11,20H,1-2H3/t11-/m0/s1. The number of rotatable bonds is 2. The van der Waals surface area contributed by atoms with E-state index in [1.54, 1.807) is 6.07 Å². The SMILES string of the molecule is Cc1cccc(-c2c([C@H](C)O)oc3cccc(F)c3c2=O)c1. The molecule has 1 atom stereocenters. The molecular weight excluding hydrogens is 283 g/mol. The van der Waals surface area contributed by atoms with Crippen molar-refractivity contribution in [3.8, 4) is 11.1 Å². The lowest BCUT2D eigenvalue weighted by atomic mass is 9.98. The lowest BCUT2D eigenvalue weighted by Gasteiger charge is -2.12. The van der Waals surface area contributed by atoms with Crippen molar-refractivity contribution < 1.29 is 13.9 Å². The van der Waals surface area contributed by atoms with Crippen LogP contribution in [0.15, 0.2) is 51.7 Å². The molecule has 0 saturated carbocycles. The number of fused-ring (bicyclic) bond motifs is 1. The van der Waals surface area contributed by atoms with E-state index in [-0.39, 0.29) is 22.3 Å². The maximum atomic E-state index is 14.0. The van der Waals surface area contributed by atoms with Crippen molar-refractivity contribution in [2.45, 2.75) is 20.0 Å². The monoisotopic (exact) mass is 298 g/mol. The molecule has 0 aliphatic carbocycles. The summed E-state index contributed by atoms with van der Waals surface area (Å²) >= 11 is 0. The Morgan fingerprint density at radius 2 is 1.91 bits per heavy atom. The predicted molar refractivity (Wildman–Crippen MR) is 83.2 cm³/mol. The number of hydrogen-bond acceptors (Lipinski definition) is 3. The fourth-order valence-electron chi connectivity index (χ4n) is 2.58. The summed E-state index contributed by atoms with van der Waals surface area (Å²) < 4.78 is 19.7. The zero-order valence-corrected chi connectivity index (χ0v) is 12.3. The molecule has 1 N–H and O–H groups in total. The van der Waals surface area contributed by atoms with Crippen LogP contribution >= 0.6 is 0 Å². The van der Waals surface area contributed by atoms with Gasteiger partial charge in [0.1, 0.15) is 28.7 Å². The van der Waals surface area contributed by atoms with E-state index in [4.69, 9.17) is 4.42 Å². The van der Waals surface area contributed by atoms with Crippen LogP contribution in [-0.4, -0.2) is 5.11 Å². The van der Waals surface area contributed by atoms with Crippen LogP contribution in [0.1, 0.15) is 24.4 Å². The molecule has 112 valence electrons. The van der Waals surface area contributed by atoms with Gasteiger partial charge in [0, 0.05) is 0 Å². The molecule has 0 bridgehead atoms. The third kappa shape index (κ3) is 2.31. The summed E-state index contributed by atoms with van der Waals surface area (Å²) in [5, 5.41) is 9.87. The average Bonchev–Trinajstić information content (AvgIpc) is 2.46. The largest absolute Gasteiger partial charge is 0.457 e. The van der Waals surface area contributed by atoms with E-state index in [0.29, 0.717) is 5.56 Å². The normalized spacial score (nSPS) is 12.5. The highest BCUT2D eigenvalue weighted by atomic mass is 19.1. The molecule has 1 aromatic heterocycles. The molecule has 0 saturated heterocycles. The smallest absolute Gasteiger partial charge is 0.203 e. The molecular formula is C18H15FO3. The minimum absolute atomic E-state index is 0.0941. The maximum absolute atomic E-state index is 14.0. The van der Waals surface area contributed by atoms with Crippen LogP contribution in [0.25, 0.3) is 22.1 Å². The van der Waals surface area contributed by atoms with Gasteiger partial charge in [0.2, 0.25) is 5.43 Å². The van der Waals surface area contributed by atoms with Gasteiger partial charge in [-0.1, -0.05) is 35.9 Å². The van der Waals surface area contributed by atoms with Crippen molar-refractivity contribution in [3.63, 3.8) is 0 Å². The molecule has 3 rings (SSSR count). The third-order valence-corrected chi connectivity index (χ3v) is 3.58. The van der Waals surface area contributed by atoms with Crippen LogP contribution in [0.5, 0.6) is 0 Å². The molecule has 4 heteroatoms. The van der Waals surface area contributed by atoms with Gasteiger partial charge in [-0.25, -0.2) is 4.39 Å². The molecule has 3 nitrogen and oxygen atoms in total. The zero-order chi connectivity index (χ0) is 15.9. The van der Waals surface area contributed by atoms with Gasteiger partial charge in [0.15, 0.2) is 0 Å². The second-order valence-corrected chi connectivity index (χ2v) is 5.33. The van der Waals surface area contributed by atoms with Crippen molar-refractivity contribution in [2.75, 3.05) is 0 Å². The van der Waals surface area contributed by atoms with E-state index in [1.807, 2.05) is 25.1 Å². The first-order chi connectivity index (χ1) is 10.5. The van der Waals surface area contributed by atoms with Crippen molar-refractivity contribution >= 4 is 11.0 Å².